The molecule has 3 unspecified atom stereocenters. The van der Waals surface area contributed by atoms with Crippen molar-refractivity contribution in [1.29, 1.82) is 0 Å². The third-order valence-corrected chi connectivity index (χ3v) is 11.5. The summed E-state index contributed by atoms with van der Waals surface area (Å²) in [6.07, 6.45) is 6.23. The van der Waals surface area contributed by atoms with Crippen molar-refractivity contribution < 1.29 is 23.9 Å². The van der Waals surface area contributed by atoms with E-state index in [0.29, 0.717) is 25.2 Å². The standard InChI is InChI=1S/C48H62N6O5/c1-46(2,3)34-20-24-36(25-21-34)54-38(32-16-14-31(15-17-32)37-30-49-42(51-37)40-12-10-28-52(40)44(56)58-47(4,5)6)26-27-39(54)33-18-22-35(23-19-33)50-43(55)41-13-11-29-53(41)45(57)59-48(7,8)9/h14-25,30,38-41H,10-13,26-29H2,1-9H3,(H,49,51)(H,50,55)/t38?,39?,40-,41?/m0/s1. The molecule has 314 valence electrons. The van der Waals surface area contributed by atoms with Gasteiger partial charge in [0.15, 0.2) is 0 Å². The van der Waals surface area contributed by atoms with E-state index < -0.39 is 23.3 Å². The summed E-state index contributed by atoms with van der Waals surface area (Å²) in [5.41, 5.74) is 6.28. The molecule has 3 aliphatic rings. The van der Waals surface area contributed by atoms with Gasteiger partial charge in [-0.1, -0.05) is 69.3 Å². The lowest BCUT2D eigenvalue weighted by molar-refractivity contribution is -0.120. The van der Waals surface area contributed by atoms with Crippen LogP contribution < -0.4 is 10.2 Å². The molecule has 3 aromatic carbocycles. The zero-order valence-corrected chi connectivity index (χ0v) is 36.3. The summed E-state index contributed by atoms with van der Waals surface area (Å²) in [7, 11) is 0. The molecule has 3 amide bonds. The molecule has 11 heteroatoms. The van der Waals surface area contributed by atoms with E-state index in [-0.39, 0.29) is 35.5 Å². The Bertz CT molecular complexity index is 2110. The molecule has 4 atom stereocenters. The number of anilines is 2. The van der Waals surface area contributed by atoms with Gasteiger partial charge in [0.2, 0.25) is 5.91 Å². The highest BCUT2D eigenvalue weighted by molar-refractivity contribution is 5.97. The zero-order valence-electron chi connectivity index (χ0n) is 36.3. The number of aromatic amines is 1. The first-order chi connectivity index (χ1) is 27.8. The van der Waals surface area contributed by atoms with Crippen LogP contribution in [0, 0.1) is 0 Å². The summed E-state index contributed by atoms with van der Waals surface area (Å²) in [5, 5.41) is 3.07. The molecule has 0 radical (unpaired) electrons. The van der Waals surface area contributed by atoms with Gasteiger partial charge < -0.3 is 24.7 Å². The van der Waals surface area contributed by atoms with Crippen molar-refractivity contribution in [3.8, 4) is 11.3 Å². The first-order valence-corrected chi connectivity index (χ1v) is 21.3. The minimum atomic E-state index is -0.628. The fourth-order valence-electron chi connectivity index (χ4n) is 8.67. The number of ether oxygens (including phenoxy) is 2. The summed E-state index contributed by atoms with van der Waals surface area (Å²) < 4.78 is 11.3. The maximum atomic E-state index is 13.4. The minimum absolute atomic E-state index is 0.0405. The fourth-order valence-corrected chi connectivity index (χ4v) is 8.67. The number of amides is 3. The predicted molar refractivity (Wildman–Crippen MR) is 232 cm³/mol. The van der Waals surface area contributed by atoms with Crippen LogP contribution >= 0.6 is 0 Å². The van der Waals surface area contributed by atoms with Crippen LogP contribution in [0.25, 0.3) is 11.3 Å². The highest BCUT2D eigenvalue weighted by Crippen LogP contribution is 2.47. The van der Waals surface area contributed by atoms with Crippen molar-refractivity contribution >= 4 is 29.5 Å². The maximum absolute atomic E-state index is 13.4. The van der Waals surface area contributed by atoms with E-state index in [9.17, 15) is 14.4 Å². The van der Waals surface area contributed by atoms with Crippen LogP contribution in [-0.2, 0) is 19.7 Å². The number of aromatic nitrogens is 2. The number of benzene rings is 3. The molecular weight excluding hydrogens is 741 g/mol. The molecule has 4 heterocycles. The minimum Gasteiger partial charge on any atom is -0.444 e. The number of rotatable bonds is 7. The molecule has 4 aromatic rings. The molecule has 0 bridgehead atoms. The Morgan fingerprint density at radius 2 is 1.20 bits per heavy atom. The average molecular weight is 803 g/mol. The number of hydrogen-bond acceptors (Lipinski definition) is 7. The second-order valence-electron chi connectivity index (χ2n) is 19.4. The van der Waals surface area contributed by atoms with Crippen LogP contribution in [0.1, 0.15) is 141 Å². The van der Waals surface area contributed by atoms with Crippen LogP contribution in [-0.4, -0.2) is 68.2 Å². The van der Waals surface area contributed by atoms with E-state index in [1.807, 2.05) is 59.9 Å². The molecule has 3 aliphatic heterocycles. The van der Waals surface area contributed by atoms with Gasteiger partial charge in [-0.15, -0.1) is 0 Å². The van der Waals surface area contributed by atoms with Gasteiger partial charge in [-0.05, 0) is 126 Å². The first-order valence-electron chi connectivity index (χ1n) is 21.3. The number of carbonyl (C=O) groups is 3. The normalized spacial score (nSPS) is 21.2. The van der Waals surface area contributed by atoms with Crippen LogP contribution in [0.3, 0.4) is 0 Å². The van der Waals surface area contributed by atoms with Gasteiger partial charge in [-0.25, -0.2) is 14.6 Å². The van der Waals surface area contributed by atoms with E-state index in [4.69, 9.17) is 14.5 Å². The van der Waals surface area contributed by atoms with Crippen LogP contribution in [0.5, 0.6) is 0 Å². The van der Waals surface area contributed by atoms with Crippen molar-refractivity contribution in [1.82, 2.24) is 19.8 Å². The Morgan fingerprint density at radius 3 is 1.78 bits per heavy atom. The number of imidazole rings is 1. The Kier molecular flexibility index (Phi) is 11.6. The molecule has 0 spiro atoms. The summed E-state index contributed by atoms with van der Waals surface area (Å²) in [6.45, 7) is 19.0. The summed E-state index contributed by atoms with van der Waals surface area (Å²) in [5.74, 6) is 0.585. The lowest BCUT2D eigenvalue weighted by Gasteiger charge is -2.34. The van der Waals surface area contributed by atoms with Crippen LogP contribution in [0.4, 0.5) is 21.0 Å². The van der Waals surface area contributed by atoms with Crippen LogP contribution in [0.15, 0.2) is 79.0 Å². The second kappa shape index (κ2) is 16.4. The molecule has 11 nitrogen and oxygen atoms in total. The topological polar surface area (TPSA) is 120 Å². The van der Waals surface area contributed by atoms with Crippen LogP contribution in [0.2, 0.25) is 0 Å². The maximum Gasteiger partial charge on any atom is 0.410 e. The Labute approximate surface area is 349 Å². The lowest BCUT2D eigenvalue weighted by Crippen LogP contribution is -2.45. The Hall–Kier alpha value is -5.32. The second-order valence-corrected chi connectivity index (χ2v) is 19.4. The monoisotopic (exact) mass is 802 g/mol. The van der Waals surface area contributed by atoms with Gasteiger partial charge in [-0.2, -0.15) is 0 Å². The number of H-pyrrole nitrogens is 1. The zero-order chi connectivity index (χ0) is 42.3. The molecule has 59 heavy (non-hydrogen) atoms. The van der Waals surface area contributed by atoms with Crippen molar-refractivity contribution in [2.45, 2.75) is 142 Å². The average Bonchev–Trinajstić information content (AvgIpc) is 4.00. The van der Waals surface area contributed by atoms with E-state index in [1.54, 1.807) is 9.80 Å². The fraction of sp³-hybridized carbons (Fsp3) is 0.500. The van der Waals surface area contributed by atoms with Crippen molar-refractivity contribution in [2.24, 2.45) is 0 Å². The summed E-state index contributed by atoms with van der Waals surface area (Å²) in [4.78, 5) is 53.5. The van der Waals surface area contributed by atoms with Gasteiger partial charge in [-0.3, -0.25) is 14.6 Å². The molecule has 3 saturated heterocycles. The smallest absolute Gasteiger partial charge is 0.410 e. The Balaban J connectivity index is 1.09. The molecule has 3 fully saturated rings. The van der Waals surface area contributed by atoms with Crippen molar-refractivity contribution in [3.63, 3.8) is 0 Å². The van der Waals surface area contributed by atoms with E-state index in [0.717, 1.165) is 49.2 Å². The highest BCUT2D eigenvalue weighted by Gasteiger charge is 2.39. The number of nitrogens with zero attached hydrogens (tertiary/aromatic N) is 4. The summed E-state index contributed by atoms with van der Waals surface area (Å²) >= 11 is 0. The molecule has 0 saturated carbocycles. The molecular formula is C48H62N6O5. The highest BCUT2D eigenvalue weighted by atomic mass is 16.6. The van der Waals surface area contributed by atoms with Crippen molar-refractivity contribution in [2.75, 3.05) is 23.3 Å². The number of carbonyl (C=O) groups excluding carboxylic acids is 3. The number of likely N-dealkylation sites (tertiary alicyclic amines) is 2. The third-order valence-electron chi connectivity index (χ3n) is 11.5. The number of hydrogen-bond donors (Lipinski definition) is 2. The first kappa shape index (κ1) is 41.8. The predicted octanol–water partition coefficient (Wildman–Crippen LogP) is 10.9. The van der Waals surface area contributed by atoms with E-state index in [1.165, 1.54) is 22.4 Å². The van der Waals surface area contributed by atoms with Gasteiger partial charge in [0, 0.05) is 36.2 Å². The quantitative estimate of drug-likeness (QED) is 0.191. The molecule has 2 N–H and O–H groups in total. The largest absolute Gasteiger partial charge is 0.444 e. The van der Waals surface area contributed by atoms with Gasteiger partial charge in [0.1, 0.15) is 23.1 Å². The molecule has 0 aliphatic carbocycles. The summed E-state index contributed by atoms with van der Waals surface area (Å²) in [6, 6.07) is 25.5. The van der Waals surface area contributed by atoms with Gasteiger partial charge in [0.05, 0.1) is 23.8 Å². The van der Waals surface area contributed by atoms with E-state index in [2.05, 4.69) is 96.6 Å². The lowest BCUT2D eigenvalue weighted by atomic mass is 9.87. The molecule has 1 aromatic heterocycles. The van der Waals surface area contributed by atoms with Gasteiger partial charge >= 0.3 is 12.2 Å². The number of nitrogens with one attached hydrogen (secondary N) is 2. The van der Waals surface area contributed by atoms with Crippen molar-refractivity contribution in [3.05, 3.63) is 102 Å². The van der Waals surface area contributed by atoms with E-state index >= 15 is 0 Å². The molecule has 7 rings (SSSR count). The van der Waals surface area contributed by atoms with Gasteiger partial charge in [0.25, 0.3) is 0 Å². The SMILES string of the molecule is CC(C)(C)OC(=O)N1CCCC1C(=O)Nc1ccc(C2CCC(c3ccc(-c4c[nH]c([C@@H]5CCCN5C(=O)OC(C)(C)C)n4)cc3)N2c2ccc(C(C)(C)C)cc2)cc1. The Morgan fingerprint density at radius 1 is 0.661 bits per heavy atom. The third kappa shape index (κ3) is 9.61.